The van der Waals surface area contributed by atoms with Crippen molar-refractivity contribution < 1.29 is 22.4 Å². The van der Waals surface area contributed by atoms with E-state index in [4.69, 9.17) is 0 Å². The molecule has 1 amide bonds. The van der Waals surface area contributed by atoms with Crippen molar-refractivity contribution in [1.29, 1.82) is 0 Å². The molecule has 1 heterocycles. The van der Waals surface area contributed by atoms with Crippen LogP contribution in [0.25, 0.3) is 5.69 Å². The van der Waals surface area contributed by atoms with Gasteiger partial charge in [0.2, 0.25) is 0 Å². The Bertz CT molecular complexity index is 734. The van der Waals surface area contributed by atoms with Crippen molar-refractivity contribution in [2.45, 2.75) is 6.18 Å². The highest BCUT2D eigenvalue weighted by molar-refractivity contribution is 5.93. The third-order valence-corrected chi connectivity index (χ3v) is 3.24. The van der Waals surface area contributed by atoms with E-state index in [0.29, 0.717) is 11.2 Å². The Labute approximate surface area is 147 Å². The van der Waals surface area contributed by atoms with Crippen molar-refractivity contribution in [1.82, 2.24) is 25.2 Å². The van der Waals surface area contributed by atoms with Crippen LogP contribution in [-0.2, 0) is 6.18 Å². The summed E-state index contributed by atoms with van der Waals surface area (Å²) >= 11 is 0. The van der Waals surface area contributed by atoms with E-state index in [1.165, 1.54) is 19.2 Å². The summed E-state index contributed by atoms with van der Waals surface area (Å²) in [5.41, 5.74) is -2.34. The van der Waals surface area contributed by atoms with Gasteiger partial charge in [0.25, 0.3) is 5.91 Å². The predicted molar refractivity (Wildman–Crippen MR) is 84.5 cm³/mol. The Morgan fingerprint density at radius 1 is 1.36 bits per heavy atom. The van der Waals surface area contributed by atoms with Crippen LogP contribution in [0.2, 0.25) is 0 Å². The highest BCUT2D eigenvalue weighted by Crippen LogP contribution is 2.33. The molecule has 138 valence electrons. The van der Waals surface area contributed by atoms with Crippen LogP contribution in [0.1, 0.15) is 16.2 Å². The highest BCUT2D eigenvalue weighted by atomic mass is 35.5. The number of likely N-dealkylation sites (N-methyl/N-ethyl adjacent to an activating group) is 2. The second kappa shape index (κ2) is 8.26. The van der Waals surface area contributed by atoms with Crippen LogP contribution < -0.4 is 5.32 Å². The van der Waals surface area contributed by atoms with Crippen molar-refractivity contribution in [3.8, 4) is 5.69 Å². The van der Waals surface area contributed by atoms with E-state index < -0.39 is 29.3 Å². The van der Waals surface area contributed by atoms with Gasteiger partial charge in [-0.2, -0.15) is 13.2 Å². The number of halogens is 5. The molecular formula is C14H16ClF4N5O. The number of carbonyl (C=O) groups excluding carboxylic acids is 1. The molecule has 0 fully saturated rings. The van der Waals surface area contributed by atoms with Crippen molar-refractivity contribution in [2.24, 2.45) is 0 Å². The Hall–Kier alpha value is -2.20. The van der Waals surface area contributed by atoms with Crippen LogP contribution in [0.4, 0.5) is 17.6 Å². The quantitative estimate of drug-likeness (QED) is 0.806. The van der Waals surface area contributed by atoms with Crippen LogP contribution in [0, 0.1) is 5.82 Å². The fourth-order valence-corrected chi connectivity index (χ4v) is 2.03. The maximum atomic E-state index is 13.4. The van der Waals surface area contributed by atoms with Crippen molar-refractivity contribution in [3.05, 3.63) is 41.5 Å². The molecule has 0 bridgehead atoms. The molecule has 0 aliphatic carbocycles. The average Bonchev–Trinajstić information content (AvgIpc) is 2.97. The maximum Gasteiger partial charge on any atom is 0.435 e. The van der Waals surface area contributed by atoms with Gasteiger partial charge < -0.3 is 10.2 Å². The van der Waals surface area contributed by atoms with Crippen LogP contribution in [0.5, 0.6) is 0 Å². The topological polar surface area (TPSA) is 63.1 Å². The second-order valence-corrected chi connectivity index (χ2v) is 5.01. The Kier molecular flexibility index (Phi) is 6.88. The summed E-state index contributed by atoms with van der Waals surface area (Å²) in [6.45, 7) is 0.598. The van der Waals surface area contributed by atoms with E-state index >= 15 is 0 Å². The summed E-state index contributed by atoms with van der Waals surface area (Å²) < 4.78 is 54.0. The molecule has 0 aliphatic rings. The largest absolute Gasteiger partial charge is 0.435 e. The zero-order chi connectivity index (χ0) is 17.9. The first-order valence-electron chi connectivity index (χ1n) is 6.94. The van der Waals surface area contributed by atoms with Gasteiger partial charge in [-0.3, -0.25) is 4.79 Å². The van der Waals surface area contributed by atoms with E-state index in [1.807, 2.05) is 0 Å². The number of aromatic nitrogens is 3. The summed E-state index contributed by atoms with van der Waals surface area (Å²) in [7, 11) is 3.01. The van der Waals surface area contributed by atoms with Crippen LogP contribution in [0.15, 0.2) is 24.3 Å². The molecule has 11 heteroatoms. The molecule has 0 spiro atoms. The summed E-state index contributed by atoms with van der Waals surface area (Å²) in [6, 6.07) is 4.45. The lowest BCUT2D eigenvalue weighted by atomic mass is 10.2. The number of carbonyl (C=O) groups is 1. The average molecular weight is 382 g/mol. The molecule has 1 aromatic heterocycles. The van der Waals surface area contributed by atoms with Crippen LogP contribution >= 0.6 is 12.4 Å². The van der Waals surface area contributed by atoms with Gasteiger partial charge in [-0.05, 0) is 25.2 Å². The number of alkyl halides is 3. The molecule has 0 atom stereocenters. The van der Waals surface area contributed by atoms with Gasteiger partial charge in [0.15, 0.2) is 11.4 Å². The third kappa shape index (κ3) is 4.67. The van der Waals surface area contributed by atoms with E-state index in [0.717, 1.165) is 17.0 Å². The molecule has 6 nitrogen and oxygen atoms in total. The van der Waals surface area contributed by atoms with E-state index in [1.54, 1.807) is 7.05 Å². The number of hydrogen-bond acceptors (Lipinski definition) is 4. The summed E-state index contributed by atoms with van der Waals surface area (Å²) in [5.74, 6) is -1.64. The van der Waals surface area contributed by atoms with Gasteiger partial charge in [0, 0.05) is 20.1 Å². The zero-order valence-electron chi connectivity index (χ0n) is 13.3. The van der Waals surface area contributed by atoms with E-state index in [-0.39, 0.29) is 24.6 Å². The first kappa shape index (κ1) is 20.8. The molecule has 0 saturated heterocycles. The lowest BCUT2D eigenvalue weighted by Crippen LogP contribution is -2.34. The summed E-state index contributed by atoms with van der Waals surface area (Å²) in [6.07, 6.45) is -4.88. The predicted octanol–water partition coefficient (Wildman–Crippen LogP) is 2.14. The third-order valence-electron chi connectivity index (χ3n) is 3.24. The van der Waals surface area contributed by atoms with Gasteiger partial charge in [-0.1, -0.05) is 11.3 Å². The van der Waals surface area contributed by atoms with Crippen molar-refractivity contribution in [3.63, 3.8) is 0 Å². The van der Waals surface area contributed by atoms with Gasteiger partial charge in [0.1, 0.15) is 5.82 Å². The number of nitrogens with zero attached hydrogens (tertiary/aromatic N) is 4. The molecule has 2 rings (SSSR count). The summed E-state index contributed by atoms with van der Waals surface area (Å²) in [4.78, 5) is 13.3. The first-order chi connectivity index (χ1) is 11.3. The fraction of sp³-hybridized carbons (Fsp3) is 0.357. The smallest absolute Gasteiger partial charge is 0.339 e. The van der Waals surface area contributed by atoms with Gasteiger partial charge >= 0.3 is 6.18 Å². The minimum atomic E-state index is -4.88. The SMILES string of the molecule is CNCCN(C)C(=O)c1nnn(-c2cccc(F)c2)c1C(F)(F)F.Cl. The van der Waals surface area contributed by atoms with Gasteiger partial charge in [-0.25, -0.2) is 9.07 Å². The Morgan fingerprint density at radius 2 is 2.04 bits per heavy atom. The standard InChI is InChI=1S/C14H15F4N5O.ClH/c1-19-6-7-22(2)13(24)11-12(14(16,17)18)23(21-20-11)10-5-3-4-9(15)8-10;/h3-5,8,19H,6-7H2,1-2H3;1H. The molecule has 0 saturated carbocycles. The Morgan fingerprint density at radius 3 is 2.60 bits per heavy atom. The van der Waals surface area contributed by atoms with Crippen LogP contribution in [-0.4, -0.2) is 53.0 Å². The maximum absolute atomic E-state index is 13.4. The fourth-order valence-electron chi connectivity index (χ4n) is 2.03. The summed E-state index contributed by atoms with van der Waals surface area (Å²) in [5, 5.41) is 9.56. The second-order valence-electron chi connectivity index (χ2n) is 5.01. The lowest BCUT2D eigenvalue weighted by molar-refractivity contribution is -0.143. The number of nitrogens with one attached hydrogen (secondary N) is 1. The van der Waals surface area contributed by atoms with Crippen LogP contribution in [0.3, 0.4) is 0 Å². The monoisotopic (exact) mass is 381 g/mol. The van der Waals surface area contributed by atoms with Crippen molar-refractivity contribution in [2.75, 3.05) is 27.2 Å². The van der Waals surface area contributed by atoms with Gasteiger partial charge in [0.05, 0.1) is 5.69 Å². The van der Waals surface area contributed by atoms with Gasteiger partial charge in [-0.15, -0.1) is 17.5 Å². The molecule has 0 radical (unpaired) electrons. The molecule has 1 aromatic carbocycles. The molecule has 0 aliphatic heterocycles. The Balaban J connectivity index is 0.00000312. The minimum Gasteiger partial charge on any atom is -0.339 e. The molecular weight excluding hydrogens is 366 g/mol. The molecule has 2 aromatic rings. The highest BCUT2D eigenvalue weighted by Gasteiger charge is 2.42. The molecule has 0 unspecified atom stereocenters. The minimum absolute atomic E-state index is 0. The zero-order valence-corrected chi connectivity index (χ0v) is 14.2. The molecule has 1 N–H and O–H groups in total. The lowest BCUT2D eigenvalue weighted by Gasteiger charge is -2.17. The number of rotatable bonds is 5. The van der Waals surface area contributed by atoms with E-state index in [2.05, 4.69) is 15.6 Å². The number of hydrogen-bond donors (Lipinski definition) is 1. The normalized spacial score (nSPS) is 11.1. The molecule has 25 heavy (non-hydrogen) atoms. The van der Waals surface area contributed by atoms with Crippen molar-refractivity contribution >= 4 is 18.3 Å². The first-order valence-corrected chi connectivity index (χ1v) is 6.94. The number of amides is 1. The number of benzene rings is 1. The van der Waals surface area contributed by atoms with E-state index in [9.17, 15) is 22.4 Å².